The number of hydrogen-bond donors (Lipinski definition) is 2. The van der Waals surface area contributed by atoms with Gasteiger partial charge in [0.1, 0.15) is 11.3 Å². The molecule has 0 bridgehead atoms. The van der Waals surface area contributed by atoms with Crippen LogP contribution in [0.4, 0.5) is 5.69 Å². The van der Waals surface area contributed by atoms with E-state index < -0.39 is 5.97 Å². The fourth-order valence-corrected chi connectivity index (χ4v) is 4.12. The molecule has 1 aromatic carbocycles. The summed E-state index contributed by atoms with van der Waals surface area (Å²) >= 11 is 6.24. The van der Waals surface area contributed by atoms with Gasteiger partial charge in [-0.1, -0.05) is 38.3 Å². The number of carboxylic acid groups (broad SMARTS) is 1. The number of ether oxygens (including phenoxy) is 1. The molecule has 25 heavy (non-hydrogen) atoms. The molecule has 6 heteroatoms. The van der Waals surface area contributed by atoms with E-state index in [-0.39, 0.29) is 16.5 Å². The number of halogens is 1. The van der Waals surface area contributed by atoms with Gasteiger partial charge in [0, 0.05) is 17.5 Å². The summed E-state index contributed by atoms with van der Waals surface area (Å²) in [6.45, 7) is 6.42. The van der Waals surface area contributed by atoms with Gasteiger partial charge in [-0.2, -0.15) is 0 Å². The third-order valence-electron chi connectivity index (χ3n) is 5.24. The molecule has 1 aliphatic heterocycles. The number of carbonyl (C=O) groups is 1. The number of anilines is 1. The third kappa shape index (κ3) is 4.21. The van der Waals surface area contributed by atoms with Gasteiger partial charge < -0.3 is 15.6 Å². The normalized spacial score (nSPS) is 19.6. The second-order valence-electron chi connectivity index (χ2n) is 6.81. The van der Waals surface area contributed by atoms with E-state index >= 15 is 0 Å². The van der Waals surface area contributed by atoms with Crippen LogP contribution in [0.2, 0.25) is 5.02 Å². The van der Waals surface area contributed by atoms with E-state index in [1.165, 1.54) is 26.0 Å². The number of unbranched alkanes of at least 4 members (excludes halogenated alkanes) is 1. The lowest BCUT2D eigenvalue weighted by molar-refractivity contribution is 0.0692. The monoisotopic (exact) mass is 368 g/mol. The van der Waals surface area contributed by atoms with E-state index in [9.17, 15) is 9.90 Å². The lowest BCUT2D eigenvalue weighted by Crippen LogP contribution is -2.43. The average Bonchev–Trinajstić information content (AvgIpc) is 2.61. The van der Waals surface area contributed by atoms with Crippen molar-refractivity contribution in [2.45, 2.75) is 57.9 Å². The van der Waals surface area contributed by atoms with Crippen LogP contribution in [0.25, 0.3) is 0 Å². The van der Waals surface area contributed by atoms with Crippen LogP contribution in [0.15, 0.2) is 6.07 Å². The van der Waals surface area contributed by atoms with Crippen molar-refractivity contribution in [3.63, 3.8) is 0 Å². The van der Waals surface area contributed by atoms with E-state index in [1.807, 2.05) is 0 Å². The van der Waals surface area contributed by atoms with Gasteiger partial charge in [0.25, 0.3) is 0 Å². The van der Waals surface area contributed by atoms with Crippen molar-refractivity contribution in [1.29, 1.82) is 0 Å². The van der Waals surface area contributed by atoms with Crippen LogP contribution in [-0.4, -0.2) is 42.2 Å². The number of carboxylic acids is 1. The van der Waals surface area contributed by atoms with Gasteiger partial charge in [0.15, 0.2) is 0 Å². The molecular formula is C19H29ClN2O3. The van der Waals surface area contributed by atoms with Crippen molar-refractivity contribution in [3.05, 3.63) is 22.2 Å². The molecule has 2 unspecified atom stereocenters. The fourth-order valence-electron chi connectivity index (χ4n) is 3.91. The number of benzene rings is 1. The van der Waals surface area contributed by atoms with Crippen LogP contribution in [0.5, 0.6) is 5.75 Å². The number of nitrogen functional groups attached to an aromatic ring is 1. The molecule has 1 fully saturated rings. The summed E-state index contributed by atoms with van der Waals surface area (Å²) in [6, 6.07) is 1.70. The quantitative estimate of drug-likeness (QED) is 0.698. The Morgan fingerprint density at radius 3 is 2.84 bits per heavy atom. The molecule has 0 amide bonds. The summed E-state index contributed by atoms with van der Waals surface area (Å²) in [4.78, 5) is 14.1. The molecule has 3 N–H and O–H groups in total. The summed E-state index contributed by atoms with van der Waals surface area (Å²) in [7, 11) is 1.49. The SMILES string of the molecule is CCCCN1CCCCC1C(C)c1c(N)c(Cl)cc(C(=O)O)c1OC. The minimum Gasteiger partial charge on any atom is -0.495 e. The largest absolute Gasteiger partial charge is 0.495 e. The molecule has 2 atom stereocenters. The van der Waals surface area contributed by atoms with Crippen LogP contribution in [-0.2, 0) is 0 Å². The Morgan fingerprint density at radius 1 is 1.52 bits per heavy atom. The molecule has 0 saturated carbocycles. The van der Waals surface area contributed by atoms with E-state index in [4.69, 9.17) is 22.1 Å². The molecule has 1 aromatic rings. The van der Waals surface area contributed by atoms with Crippen LogP contribution >= 0.6 is 11.6 Å². The summed E-state index contributed by atoms with van der Waals surface area (Å²) in [5.74, 6) is -0.675. The first-order valence-electron chi connectivity index (χ1n) is 9.05. The molecule has 2 rings (SSSR count). The number of aromatic carboxylic acids is 1. The Morgan fingerprint density at radius 2 is 2.24 bits per heavy atom. The third-order valence-corrected chi connectivity index (χ3v) is 5.55. The van der Waals surface area contributed by atoms with Gasteiger partial charge in [-0.3, -0.25) is 4.90 Å². The van der Waals surface area contributed by atoms with E-state index in [0.717, 1.165) is 37.9 Å². The zero-order chi connectivity index (χ0) is 18.6. The minimum atomic E-state index is -1.06. The van der Waals surface area contributed by atoms with E-state index in [0.29, 0.717) is 17.5 Å². The highest BCUT2D eigenvalue weighted by Gasteiger charge is 2.33. The first kappa shape index (κ1) is 19.9. The number of nitrogens with zero attached hydrogens (tertiary/aromatic N) is 1. The molecule has 0 aliphatic carbocycles. The Labute approximate surface area is 155 Å². The molecule has 1 heterocycles. The fraction of sp³-hybridized carbons (Fsp3) is 0.632. The maximum Gasteiger partial charge on any atom is 0.339 e. The molecule has 0 aromatic heterocycles. The number of hydrogen-bond acceptors (Lipinski definition) is 4. The van der Waals surface area contributed by atoms with Crippen LogP contribution in [0, 0.1) is 0 Å². The maximum absolute atomic E-state index is 11.6. The minimum absolute atomic E-state index is 0.0453. The highest BCUT2D eigenvalue weighted by atomic mass is 35.5. The lowest BCUT2D eigenvalue weighted by Gasteiger charge is -2.40. The summed E-state index contributed by atoms with van der Waals surface area (Å²) in [5.41, 5.74) is 7.48. The highest BCUT2D eigenvalue weighted by Crippen LogP contribution is 2.43. The average molecular weight is 369 g/mol. The van der Waals surface area contributed by atoms with E-state index in [2.05, 4.69) is 18.7 Å². The topological polar surface area (TPSA) is 75.8 Å². The number of likely N-dealkylation sites (tertiary alicyclic amines) is 1. The molecule has 5 nitrogen and oxygen atoms in total. The first-order chi connectivity index (χ1) is 11.9. The molecule has 0 spiro atoms. The number of piperidine rings is 1. The van der Waals surface area contributed by atoms with Crippen molar-refractivity contribution < 1.29 is 14.6 Å². The number of methoxy groups -OCH3 is 1. The van der Waals surface area contributed by atoms with Crippen molar-refractivity contribution in [2.75, 3.05) is 25.9 Å². The Balaban J connectivity index is 2.45. The highest BCUT2D eigenvalue weighted by molar-refractivity contribution is 6.33. The van der Waals surface area contributed by atoms with Gasteiger partial charge in [-0.15, -0.1) is 0 Å². The molecule has 1 saturated heterocycles. The van der Waals surface area contributed by atoms with Crippen molar-refractivity contribution in [2.24, 2.45) is 0 Å². The van der Waals surface area contributed by atoms with Gasteiger partial charge in [0.05, 0.1) is 17.8 Å². The number of nitrogens with two attached hydrogens (primary N) is 1. The Bertz CT molecular complexity index is 621. The molecule has 140 valence electrons. The van der Waals surface area contributed by atoms with E-state index in [1.54, 1.807) is 0 Å². The van der Waals surface area contributed by atoms with Crippen molar-refractivity contribution in [3.8, 4) is 5.75 Å². The summed E-state index contributed by atoms with van der Waals surface area (Å²) in [5, 5.41) is 9.78. The molecule has 1 aliphatic rings. The molecule has 0 radical (unpaired) electrons. The predicted octanol–water partition coefficient (Wildman–Crippen LogP) is 4.39. The lowest BCUT2D eigenvalue weighted by atomic mass is 9.84. The van der Waals surface area contributed by atoms with Crippen molar-refractivity contribution in [1.82, 2.24) is 4.90 Å². The van der Waals surface area contributed by atoms with Crippen LogP contribution in [0.1, 0.15) is 67.8 Å². The summed E-state index contributed by atoms with van der Waals surface area (Å²) < 4.78 is 5.46. The molecular weight excluding hydrogens is 340 g/mol. The number of rotatable bonds is 7. The summed E-state index contributed by atoms with van der Waals surface area (Å²) in [6.07, 6.45) is 5.76. The van der Waals surface area contributed by atoms with Gasteiger partial charge in [0.2, 0.25) is 0 Å². The second kappa shape index (κ2) is 8.77. The standard InChI is InChI=1S/C19H29ClN2O3/c1-4-5-9-22-10-7-6-8-15(22)12(2)16-17(21)14(20)11-13(19(23)24)18(16)25-3/h11-12,15H,4-10,21H2,1-3H3,(H,23,24). The van der Waals surface area contributed by atoms with Crippen LogP contribution in [0.3, 0.4) is 0 Å². The second-order valence-corrected chi connectivity index (χ2v) is 7.22. The predicted molar refractivity (Wildman–Crippen MR) is 102 cm³/mol. The first-order valence-corrected chi connectivity index (χ1v) is 9.43. The Kier molecular flexibility index (Phi) is 6.96. The zero-order valence-corrected chi connectivity index (χ0v) is 16.1. The van der Waals surface area contributed by atoms with Gasteiger partial charge in [-0.05, 0) is 38.4 Å². The van der Waals surface area contributed by atoms with Gasteiger partial charge in [-0.25, -0.2) is 4.79 Å². The van der Waals surface area contributed by atoms with Crippen LogP contribution < -0.4 is 10.5 Å². The van der Waals surface area contributed by atoms with Crippen molar-refractivity contribution >= 4 is 23.3 Å². The van der Waals surface area contributed by atoms with Gasteiger partial charge >= 0.3 is 5.97 Å². The smallest absolute Gasteiger partial charge is 0.339 e. The zero-order valence-electron chi connectivity index (χ0n) is 15.3. The Hall–Kier alpha value is -1.46. The maximum atomic E-state index is 11.6.